The number of ether oxygens (including phenoxy) is 2. The normalized spacial score (nSPS) is 25.0. The third-order valence-corrected chi connectivity index (χ3v) is 6.56. The predicted octanol–water partition coefficient (Wildman–Crippen LogP) is 2.77. The van der Waals surface area contributed by atoms with Crippen LogP contribution in [0.5, 0.6) is 5.75 Å². The summed E-state index contributed by atoms with van der Waals surface area (Å²) in [6.45, 7) is 1.93. The number of hydrogen-bond donors (Lipinski definition) is 0. The summed E-state index contributed by atoms with van der Waals surface area (Å²) in [5.41, 5.74) is 2.27. The fourth-order valence-electron chi connectivity index (χ4n) is 4.83. The van der Waals surface area contributed by atoms with Crippen LogP contribution in [-0.2, 0) is 20.9 Å². The maximum atomic E-state index is 12.7. The summed E-state index contributed by atoms with van der Waals surface area (Å²) in [6, 6.07) is 7.75. The van der Waals surface area contributed by atoms with Crippen molar-refractivity contribution in [3.05, 3.63) is 41.5 Å². The summed E-state index contributed by atoms with van der Waals surface area (Å²) in [7, 11) is 3.24. The van der Waals surface area contributed by atoms with Gasteiger partial charge in [-0.05, 0) is 42.5 Å². The summed E-state index contributed by atoms with van der Waals surface area (Å²) >= 11 is 0. The second-order valence-electron chi connectivity index (χ2n) is 8.21. The molecule has 2 atom stereocenters. The molecule has 2 heterocycles. The number of carbonyl (C=O) groups excluding carboxylic acids is 2. The number of benzene rings is 1. The van der Waals surface area contributed by atoms with Crippen LogP contribution in [0.1, 0.15) is 37.7 Å². The highest BCUT2D eigenvalue weighted by atomic mass is 16.5. The van der Waals surface area contributed by atoms with Crippen molar-refractivity contribution >= 4 is 11.8 Å². The van der Waals surface area contributed by atoms with E-state index in [0.717, 1.165) is 37.1 Å². The molecule has 1 aromatic carbocycles. The molecule has 2 aliphatic heterocycles. The minimum atomic E-state index is -0.420. The first-order valence-corrected chi connectivity index (χ1v) is 10.6. The summed E-state index contributed by atoms with van der Waals surface area (Å²) in [5.74, 6) is 1.35. The Morgan fingerprint density at radius 1 is 1.14 bits per heavy atom. The first kappa shape index (κ1) is 20.0. The van der Waals surface area contributed by atoms with Crippen LogP contribution < -0.4 is 4.74 Å². The molecule has 0 bridgehead atoms. The van der Waals surface area contributed by atoms with E-state index >= 15 is 0 Å². The van der Waals surface area contributed by atoms with Crippen molar-refractivity contribution in [3.63, 3.8) is 0 Å². The Morgan fingerprint density at radius 2 is 1.86 bits per heavy atom. The van der Waals surface area contributed by atoms with Gasteiger partial charge in [-0.25, -0.2) is 0 Å². The number of β-lactam (4-membered cyclic amide) rings is 1. The van der Waals surface area contributed by atoms with Gasteiger partial charge in [0.05, 0.1) is 13.2 Å². The summed E-state index contributed by atoms with van der Waals surface area (Å²) in [6.07, 6.45) is 6.93. The van der Waals surface area contributed by atoms with Gasteiger partial charge in [-0.1, -0.05) is 31.1 Å². The van der Waals surface area contributed by atoms with Gasteiger partial charge in [0.2, 0.25) is 5.91 Å². The van der Waals surface area contributed by atoms with Gasteiger partial charge in [-0.3, -0.25) is 9.59 Å². The van der Waals surface area contributed by atoms with Crippen LogP contribution in [0.15, 0.2) is 35.9 Å². The molecule has 0 spiro atoms. The summed E-state index contributed by atoms with van der Waals surface area (Å²) in [4.78, 5) is 29.2. The molecule has 1 aliphatic carbocycles. The molecule has 0 unspecified atom stereocenters. The fourth-order valence-corrected chi connectivity index (χ4v) is 4.83. The Balaban J connectivity index is 1.43. The zero-order chi connectivity index (χ0) is 20.4. The second-order valence-corrected chi connectivity index (χ2v) is 8.21. The molecule has 2 amide bonds. The Labute approximate surface area is 172 Å². The number of methoxy groups -OCH3 is 2. The van der Waals surface area contributed by atoms with Crippen LogP contribution in [-0.4, -0.2) is 61.1 Å². The molecule has 0 N–H and O–H groups in total. The molecule has 0 radical (unpaired) electrons. The van der Waals surface area contributed by atoms with Gasteiger partial charge >= 0.3 is 0 Å². The molecule has 6 nitrogen and oxygen atoms in total. The fraction of sp³-hybridized carbons (Fsp3) is 0.565. The largest absolute Gasteiger partial charge is 0.497 e. The molecule has 1 aromatic rings. The minimum Gasteiger partial charge on any atom is -0.497 e. The zero-order valence-corrected chi connectivity index (χ0v) is 17.3. The monoisotopic (exact) mass is 398 g/mol. The van der Waals surface area contributed by atoms with Crippen LogP contribution in [0.4, 0.5) is 0 Å². The average molecular weight is 399 g/mol. The maximum absolute atomic E-state index is 12.7. The zero-order valence-electron chi connectivity index (χ0n) is 17.3. The standard InChI is InChI=1S/C23H30N2O4/c1-28-19-9-7-16(8-10-19)15-25-20(21(29-2)23(25)27)17-11-13-24(14-12-17)22(26)18-5-3-4-6-18/h7-11,18,20-21H,3-6,12-15H2,1-2H3/t20-,21+/m0/s1. The molecule has 4 rings (SSSR count). The molecular formula is C23H30N2O4. The predicted molar refractivity (Wildman–Crippen MR) is 109 cm³/mol. The van der Waals surface area contributed by atoms with Crippen LogP contribution in [0, 0.1) is 5.92 Å². The Kier molecular flexibility index (Phi) is 5.90. The van der Waals surface area contributed by atoms with Crippen molar-refractivity contribution in [1.29, 1.82) is 0 Å². The van der Waals surface area contributed by atoms with Gasteiger partial charge in [0.15, 0.2) is 6.10 Å². The number of nitrogens with zero attached hydrogens (tertiary/aromatic N) is 2. The van der Waals surface area contributed by atoms with Crippen molar-refractivity contribution in [2.24, 2.45) is 5.92 Å². The second kappa shape index (κ2) is 8.57. The lowest BCUT2D eigenvalue weighted by molar-refractivity contribution is -0.168. The molecule has 3 aliphatic rings. The smallest absolute Gasteiger partial charge is 0.255 e. The summed E-state index contributed by atoms with van der Waals surface area (Å²) in [5, 5.41) is 0. The van der Waals surface area contributed by atoms with Crippen molar-refractivity contribution in [1.82, 2.24) is 9.80 Å². The van der Waals surface area contributed by atoms with E-state index in [-0.39, 0.29) is 17.9 Å². The Morgan fingerprint density at radius 3 is 2.45 bits per heavy atom. The molecule has 29 heavy (non-hydrogen) atoms. The van der Waals surface area contributed by atoms with Crippen LogP contribution in [0.25, 0.3) is 0 Å². The van der Waals surface area contributed by atoms with Gasteiger partial charge in [-0.15, -0.1) is 0 Å². The van der Waals surface area contributed by atoms with Crippen molar-refractivity contribution in [2.75, 3.05) is 27.3 Å². The van der Waals surface area contributed by atoms with Crippen LogP contribution in [0.3, 0.4) is 0 Å². The lowest BCUT2D eigenvalue weighted by Crippen LogP contribution is -2.66. The number of hydrogen-bond acceptors (Lipinski definition) is 4. The number of amides is 2. The number of likely N-dealkylation sites (tertiary alicyclic amines) is 1. The first-order chi connectivity index (χ1) is 14.1. The maximum Gasteiger partial charge on any atom is 0.255 e. The third kappa shape index (κ3) is 3.90. The van der Waals surface area contributed by atoms with Gasteiger partial charge in [0, 0.05) is 32.7 Å². The third-order valence-electron chi connectivity index (χ3n) is 6.56. The van der Waals surface area contributed by atoms with E-state index in [4.69, 9.17) is 9.47 Å². The van der Waals surface area contributed by atoms with E-state index < -0.39 is 6.10 Å². The summed E-state index contributed by atoms with van der Waals surface area (Å²) < 4.78 is 10.7. The lowest BCUT2D eigenvalue weighted by Gasteiger charge is -2.48. The van der Waals surface area contributed by atoms with Gasteiger partial charge < -0.3 is 19.3 Å². The quantitative estimate of drug-likeness (QED) is 0.546. The average Bonchev–Trinajstić information content (AvgIpc) is 3.30. The van der Waals surface area contributed by atoms with E-state index in [9.17, 15) is 9.59 Å². The highest BCUT2D eigenvalue weighted by Crippen LogP contribution is 2.34. The molecule has 0 aromatic heterocycles. The highest BCUT2D eigenvalue weighted by Gasteiger charge is 2.49. The molecule has 1 saturated heterocycles. The SMILES string of the molecule is COc1ccc(CN2C(=O)[C@H](OC)[C@@H]2C2=CCN(C(=O)C3CCCC3)CC2)cc1. The van der Waals surface area contributed by atoms with E-state index in [1.165, 1.54) is 18.4 Å². The van der Waals surface area contributed by atoms with Crippen molar-refractivity contribution in [3.8, 4) is 5.75 Å². The molecular weight excluding hydrogens is 368 g/mol. The lowest BCUT2D eigenvalue weighted by atomic mass is 9.86. The highest BCUT2D eigenvalue weighted by molar-refractivity contribution is 5.90. The van der Waals surface area contributed by atoms with E-state index in [0.29, 0.717) is 19.0 Å². The van der Waals surface area contributed by atoms with Crippen LogP contribution in [0.2, 0.25) is 0 Å². The topological polar surface area (TPSA) is 59.1 Å². The van der Waals surface area contributed by atoms with Gasteiger partial charge in [0.25, 0.3) is 5.91 Å². The number of carbonyl (C=O) groups is 2. The van der Waals surface area contributed by atoms with E-state index in [1.54, 1.807) is 14.2 Å². The van der Waals surface area contributed by atoms with Crippen LogP contribution >= 0.6 is 0 Å². The Hall–Kier alpha value is -2.34. The first-order valence-electron chi connectivity index (χ1n) is 10.6. The van der Waals surface area contributed by atoms with Gasteiger partial charge in [0.1, 0.15) is 5.75 Å². The molecule has 2 fully saturated rings. The molecule has 6 heteroatoms. The van der Waals surface area contributed by atoms with Crippen molar-refractivity contribution < 1.29 is 19.1 Å². The molecule has 156 valence electrons. The number of rotatable bonds is 6. The molecule has 1 saturated carbocycles. The van der Waals surface area contributed by atoms with E-state index in [2.05, 4.69) is 6.08 Å². The Bertz CT molecular complexity index is 783. The van der Waals surface area contributed by atoms with E-state index in [1.807, 2.05) is 34.1 Å². The minimum absolute atomic E-state index is 0.0266. The van der Waals surface area contributed by atoms with Crippen molar-refractivity contribution in [2.45, 2.75) is 50.8 Å². The van der Waals surface area contributed by atoms with Gasteiger partial charge in [-0.2, -0.15) is 0 Å².